The van der Waals surface area contributed by atoms with E-state index < -0.39 is 15.1 Å². The molecule has 2 aromatic carbocycles. The maximum Gasteiger partial charge on any atom is 0.183 e. The van der Waals surface area contributed by atoms with Gasteiger partial charge in [-0.2, -0.15) is 5.10 Å². The molecule has 0 bridgehead atoms. The number of rotatable bonds is 3. The average molecular weight is 397 g/mol. The number of hydrogen-bond donors (Lipinski definition) is 0. The molecule has 0 saturated carbocycles. The van der Waals surface area contributed by atoms with Crippen LogP contribution >= 0.6 is 0 Å². The normalized spacial score (nSPS) is 22.9. The number of aromatic nitrogens is 2. The highest BCUT2D eigenvalue weighted by Crippen LogP contribution is 2.46. The molecule has 0 spiro atoms. The maximum absolute atomic E-state index is 14.0. The van der Waals surface area contributed by atoms with Crippen LogP contribution < -0.4 is 0 Å². The highest BCUT2D eigenvalue weighted by molar-refractivity contribution is 7.92. The van der Waals surface area contributed by atoms with E-state index in [0.717, 1.165) is 16.7 Å². The van der Waals surface area contributed by atoms with E-state index in [1.165, 1.54) is 6.07 Å². The lowest BCUT2D eigenvalue weighted by Crippen LogP contribution is -2.26. The van der Waals surface area contributed by atoms with Crippen molar-refractivity contribution in [1.29, 1.82) is 0 Å². The van der Waals surface area contributed by atoms with Gasteiger partial charge in [0.1, 0.15) is 5.82 Å². The number of nitrogens with zero attached hydrogens (tertiary/aromatic N) is 3. The number of likely N-dealkylation sites (tertiary alicyclic amines) is 1. The van der Waals surface area contributed by atoms with Gasteiger partial charge in [-0.15, -0.1) is 0 Å². The highest BCUT2D eigenvalue weighted by Gasteiger charge is 2.50. The summed E-state index contributed by atoms with van der Waals surface area (Å²) in [5, 5.41) is 3.74. The molecular weight excluding hydrogens is 377 g/mol. The van der Waals surface area contributed by atoms with Crippen LogP contribution in [0.15, 0.2) is 59.8 Å². The third-order valence-electron chi connectivity index (χ3n) is 5.85. The summed E-state index contributed by atoms with van der Waals surface area (Å²) in [4.78, 5) is 2.49. The van der Waals surface area contributed by atoms with Crippen molar-refractivity contribution < 1.29 is 12.8 Å². The van der Waals surface area contributed by atoms with E-state index >= 15 is 0 Å². The fourth-order valence-electron chi connectivity index (χ4n) is 4.47. The molecule has 0 amide bonds. The molecule has 1 fully saturated rings. The van der Waals surface area contributed by atoms with Gasteiger partial charge in [0.15, 0.2) is 9.84 Å². The van der Waals surface area contributed by atoms with Gasteiger partial charge in [0.25, 0.3) is 0 Å². The zero-order valence-electron chi connectivity index (χ0n) is 15.4. The Labute approximate surface area is 163 Å². The summed E-state index contributed by atoms with van der Waals surface area (Å²) >= 11 is 0. The quantitative estimate of drug-likeness (QED) is 0.682. The van der Waals surface area contributed by atoms with Crippen molar-refractivity contribution in [3.05, 3.63) is 71.8 Å². The lowest BCUT2D eigenvalue weighted by Gasteiger charge is -2.18. The molecule has 1 saturated heterocycles. The van der Waals surface area contributed by atoms with E-state index in [0.29, 0.717) is 30.1 Å². The Morgan fingerprint density at radius 2 is 1.96 bits per heavy atom. The Bertz CT molecular complexity index is 1170. The van der Waals surface area contributed by atoms with Gasteiger partial charge in [-0.25, -0.2) is 12.8 Å². The van der Waals surface area contributed by atoms with Crippen molar-refractivity contribution in [2.24, 2.45) is 7.05 Å². The first-order valence-electron chi connectivity index (χ1n) is 9.26. The van der Waals surface area contributed by atoms with E-state index in [2.05, 4.69) is 5.10 Å². The third kappa shape index (κ3) is 2.69. The SMILES string of the molecule is Cn1cc(-c2ccc3c(c2)[C@@H]2CN(Cc4ccccc4F)C[C@H]2S3(=O)=O)cn1. The van der Waals surface area contributed by atoms with Gasteiger partial charge in [0.05, 0.1) is 16.3 Å². The van der Waals surface area contributed by atoms with Crippen LogP contribution in [0, 0.1) is 5.82 Å². The van der Waals surface area contributed by atoms with Crippen LogP contribution in [-0.4, -0.2) is 41.4 Å². The molecule has 5 rings (SSSR count). The van der Waals surface area contributed by atoms with Crippen LogP contribution in [-0.2, 0) is 23.4 Å². The molecule has 144 valence electrons. The standard InChI is InChI=1S/C21H20FN3O2S/c1-24-10-16(9-23-24)14-6-7-20-17(8-14)18-12-25(13-21(18)28(20,26)27)11-15-4-2-3-5-19(15)22/h2-10,18,21H,11-13H2,1H3/t18-,21+/m0/s1. The predicted octanol–water partition coefficient (Wildman–Crippen LogP) is 2.98. The van der Waals surface area contributed by atoms with E-state index in [1.54, 1.807) is 29.1 Å². The molecule has 3 aromatic rings. The summed E-state index contributed by atoms with van der Waals surface area (Å²) in [6, 6.07) is 12.2. The minimum atomic E-state index is -3.37. The number of aryl methyl sites for hydroxylation is 1. The molecule has 0 N–H and O–H groups in total. The monoisotopic (exact) mass is 397 g/mol. The van der Waals surface area contributed by atoms with Crippen molar-refractivity contribution in [1.82, 2.24) is 14.7 Å². The first kappa shape index (κ1) is 17.6. The Hall–Kier alpha value is -2.51. The van der Waals surface area contributed by atoms with Gasteiger partial charge in [-0.3, -0.25) is 9.58 Å². The molecule has 0 unspecified atom stereocenters. The highest BCUT2D eigenvalue weighted by atomic mass is 32.2. The van der Waals surface area contributed by atoms with E-state index in [4.69, 9.17) is 0 Å². The number of hydrogen-bond acceptors (Lipinski definition) is 4. The lowest BCUT2D eigenvalue weighted by molar-refractivity contribution is 0.320. The molecular formula is C21H20FN3O2S. The predicted molar refractivity (Wildman–Crippen MR) is 104 cm³/mol. The Morgan fingerprint density at radius 3 is 2.71 bits per heavy atom. The van der Waals surface area contributed by atoms with Gasteiger partial charge in [0, 0.05) is 49.9 Å². The van der Waals surface area contributed by atoms with Crippen molar-refractivity contribution in [3.8, 4) is 11.1 Å². The second kappa shape index (κ2) is 6.25. The van der Waals surface area contributed by atoms with Crippen LogP contribution in [0.3, 0.4) is 0 Å². The number of sulfone groups is 1. The molecule has 1 aromatic heterocycles. The minimum absolute atomic E-state index is 0.0802. The van der Waals surface area contributed by atoms with Crippen molar-refractivity contribution in [2.45, 2.75) is 22.6 Å². The summed E-state index contributed by atoms with van der Waals surface area (Å²) in [5.41, 5.74) is 3.41. The zero-order chi connectivity index (χ0) is 19.5. The molecule has 0 aliphatic carbocycles. The molecule has 2 aliphatic rings. The molecule has 0 radical (unpaired) electrons. The topological polar surface area (TPSA) is 55.2 Å². The lowest BCUT2D eigenvalue weighted by atomic mass is 9.95. The van der Waals surface area contributed by atoms with Gasteiger partial charge in [0.2, 0.25) is 0 Å². The van der Waals surface area contributed by atoms with Crippen molar-refractivity contribution >= 4 is 9.84 Å². The molecule has 2 aliphatic heterocycles. The summed E-state index contributed by atoms with van der Waals surface area (Å²) in [6.45, 7) is 1.47. The van der Waals surface area contributed by atoms with E-state index in [9.17, 15) is 12.8 Å². The molecule has 7 heteroatoms. The summed E-state index contributed by atoms with van der Waals surface area (Å²) < 4.78 is 41.9. The Morgan fingerprint density at radius 1 is 1.14 bits per heavy atom. The van der Waals surface area contributed by atoms with Crippen LogP contribution in [0.4, 0.5) is 4.39 Å². The fraction of sp³-hybridized carbons (Fsp3) is 0.286. The summed E-state index contributed by atoms with van der Waals surface area (Å²) in [7, 11) is -1.51. The van der Waals surface area contributed by atoms with E-state index in [-0.39, 0.29) is 11.7 Å². The average Bonchev–Trinajstić information content (AvgIpc) is 3.34. The molecule has 5 nitrogen and oxygen atoms in total. The van der Waals surface area contributed by atoms with Gasteiger partial charge in [-0.05, 0) is 29.3 Å². The van der Waals surface area contributed by atoms with Crippen molar-refractivity contribution in [2.75, 3.05) is 13.1 Å². The third-order valence-corrected chi connectivity index (χ3v) is 8.11. The Kier molecular flexibility index (Phi) is 3.93. The number of benzene rings is 2. The Balaban J connectivity index is 1.48. The van der Waals surface area contributed by atoms with Gasteiger partial charge < -0.3 is 0 Å². The smallest absolute Gasteiger partial charge is 0.183 e. The van der Waals surface area contributed by atoms with Crippen LogP contribution in [0.2, 0.25) is 0 Å². The van der Waals surface area contributed by atoms with E-state index in [1.807, 2.05) is 36.3 Å². The van der Waals surface area contributed by atoms with Crippen LogP contribution in [0.1, 0.15) is 17.0 Å². The maximum atomic E-state index is 14.0. The fourth-order valence-corrected chi connectivity index (χ4v) is 6.67. The minimum Gasteiger partial charge on any atom is -0.297 e. The second-order valence-electron chi connectivity index (χ2n) is 7.63. The molecule has 2 atom stereocenters. The van der Waals surface area contributed by atoms with Crippen LogP contribution in [0.5, 0.6) is 0 Å². The second-order valence-corrected chi connectivity index (χ2v) is 9.77. The summed E-state index contributed by atoms with van der Waals surface area (Å²) in [6.07, 6.45) is 3.70. The molecule has 28 heavy (non-hydrogen) atoms. The van der Waals surface area contributed by atoms with Gasteiger partial charge in [-0.1, -0.05) is 24.3 Å². The van der Waals surface area contributed by atoms with Crippen LogP contribution in [0.25, 0.3) is 11.1 Å². The largest absolute Gasteiger partial charge is 0.297 e. The molecule has 3 heterocycles. The summed E-state index contributed by atoms with van der Waals surface area (Å²) in [5.74, 6) is -0.329. The number of fused-ring (bicyclic) bond motifs is 3. The zero-order valence-corrected chi connectivity index (χ0v) is 16.2. The van der Waals surface area contributed by atoms with Crippen molar-refractivity contribution in [3.63, 3.8) is 0 Å². The first-order chi connectivity index (χ1) is 13.4. The van der Waals surface area contributed by atoms with Gasteiger partial charge >= 0.3 is 0 Å². The number of halogens is 1. The first-order valence-corrected chi connectivity index (χ1v) is 10.8.